The SMILES string of the molecule is O=C(CC1CCC(O)CC1)Nc1ccc(F)cc1. The fraction of sp³-hybridized carbons (Fsp3) is 0.500. The molecule has 98 valence electrons. The van der Waals surface area contributed by atoms with Crippen LogP contribution in [0.5, 0.6) is 0 Å². The lowest BCUT2D eigenvalue weighted by atomic mass is 9.85. The number of carbonyl (C=O) groups is 1. The summed E-state index contributed by atoms with van der Waals surface area (Å²) in [7, 11) is 0. The third-order valence-electron chi connectivity index (χ3n) is 3.42. The fourth-order valence-corrected chi connectivity index (χ4v) is 2.36. The summed E-state index contributed by atoms with van der Waals surface area (Å²) in [5.41, 5.74) is 0.622. The summed E-state index contributed by atoms with van der Waals surface area (Å²) in [4.78, 5) is 11.8. The van der Waals surface area contributed by atoms with E-state index in [1.165, 1.54) is 12.1 Å². The number of rotatable bonds is 3. The van der Waals surface area contributed by atoms with Gasteiger partial charge in [0.2, 0.25) is 5.91 Å². The van der Waals surface area contributed by atoms with Gasteiger partial charge in [0, 0.05) is 12.1 Å². The van der Waals surface area contributed by atoms with Crippen LogP contribution in [0.25, 0.3) is 0 Å². The van der Waals surface area contributed by atoms with E-state index in [-0.39, 0.29) is 17.8 Å². The molecule has 1 aliphatic carbocycles. The molecule has 18 heavy (non-hydrogen) atoms. The Hall–Kier alpha value is -1.42. The van der Waals surface area contributed by atoms with Crippen LogP contribution in [-0.4, -0.2) is 17.1 Å². The Bertz CT molecular complexity index is 397. The van der Waals surface area contributed by atoms with E-state index in [4.69, 9.17) is 0 Å². The van der Waals surface area contributed by atoms with Crippen LogP contribution in [0.3, 0.4) is 0 Å². The largest absolute Gasteiger partial charge is 0.393 e. The Morgan fingerprint density at radius 3 is 2.44 bits per heavy atom. The van der Waals surface area contributed by atoms with Gasteiger partial charge in [-0.25, -0.2) is 4.39 Å². The lowest BCUT2D eigenvalue weighted by Crippen LogP contribution is -2.23. The minimum Gasteiger partial charge on any atom is -0.393 e. The van der Waals surface area contributed by atoms with Crippen LogP contribution in [0, 0.1) is 11.7 Å². The zero-order valence-corrected chi connectivity index (χ0v) is 10.2. The number of anilines is 1. The molecule has 1 amide bonds. The van der Waals surface area contributed by atoms with Gasteiger partial charge in [0.25, 0.3) is 0 Å². The monoisotopic (exact) mass is 251 g/mol. The molecule has 0 radical (unpaired) electrons. The maximum absolute atomic E-state index is 12.7. The van der Waals surface area contributed by atoms with Crippen molar-refractivity contribution in [3.8, 4) is 0 Å². The second-order valence-electron chi connectivity index (χ2n) is 4.93. The van der Waals surface area contributed by atoms with E-state index in [1.807, 2.05) is 0 Å². The molecule has 0 atom stereocenters. The topological polar surface area (TPSA) is 49.3 Å². The highest BCUT2D eigenvalue weighted by Crippen LogP contribution is 2.27. The molecule has 0 saturated heterocycles. The Balaban J connectivity index is 1.80. The van der Waals surface area contributed by atoms with Crippen LogP contribution >= 0.6 is 0 Å². The summed E-state index contributed by atoms with van der Waals surface area (Å²) >= 11 is 0. The Labute approximate surface area is 106 Å². The molecule has 4 heteroatoms. The Kier molecular flexibility index (Phi) is 4.31. The van der Waals surface area contributed by atoms with E-state index in [0.717, 1.165) is 25.7 Å². The van der Waals surface area contributed by atoms with Gasteiger partial charge in [0.05, 0.1) is 6.10 Å². The van der Waals surface area contributed by atoms with E-state index in [0.29, 0.717) is 18.0 Å². The van der Waals surface area contributed by atoms with Gasteiger partial charge in [-0.1, -0.05) is 0 Å². The highest BCUT2D eigenvalue weighted by molar-refractivity contribution is 5.90. The molecule has 1 aliphatic rings. The first-order chi connectivity index (χ1) is 8.63. The summed E-state index contributed by atoms with van der Waals surface area (Å²) in [6, 6.07) is 5.76. The summed E-state index contributed by atoms with van der Waals surface area (Å²) in [6.07, 6.45) is 3.66. The standard InChI is InChI=1S/C14H18FNO2/c15-11-3-5-12(6-4-11)16-14(18)9-10-1-7-13(17)8-2-10/h3-6,10,13,17H,1-2,7-9H2,(H,16,18). The lowest BCUT2D eigenvalue weighted by molar-refractivity contribution is -0.117. The second-order valence-corrected chi connectivity index (χ2v) is 4.93. The van der Waals surface area contributed by atoms with Gasteiger partial charge in [-0.3, -0.25) is 4.79 Å². The number of carbonyl (C=O) groups excluding carboxylic acids is 1. The summed E-state index contributed by atoms with van der Waals surface area (Å²) < 4.78 is 12.7. The maximum Gasteiger partial charge on any atom is 0.224 e. The molecule has 3 nitrogen and oxygen atoms in total. The van der Waals surface area contributed by atoms with Crippen LogP contribution < -0.4 is 5.32 Å². The third kappa shape index (κ3) is 3.81. The molecule has 1 aromatic carbocycles. The number of hydrogen-bond donors (Lipinski definition) is 2. The molecular formula is C14H18FNO2. The molecule has 1 aromatic rings. The number of amides is 1. The third-order valence-corrected chi connectivity index (χ3v) is 3.42. The molecule has 1 fully saturated rings. The first-order valence-electron chi connectivity index (χ1n) is 6.37. The summed E-state index contributed by atoms with van der Waals surface area (Å²) in [5, 5.41) is 12.1. The van der Waals surface area contributed by atoms with Crippen molar-refractivity contribution in [3.63, 3.8) is 0 Å². The number of aliphatic hydroxyl groups is 1. The molecule has 0 aliphatic heterocycles. The predicted octanol–water partition coefficient (Wildman–Crippen LogP) is 2.71. The highest BCUT2D eigenvalue weighted by Gasteiger charge is 2.21. The quantitative estimate of drug-likeness (QED) is 0.867. The first-order valence-corrected chi connectivity index (χ1v) is 6.37. The van der Waals surface area contributed by atoms with Gasteiger partial charge < -0.3 is 10.4 Å². The van der Waals surface area contributed by atoms with Crippen molar-refractivity contribution >= 4 is 11.6 Å². The van der Waals surface area contributed by atoms with Gasteiger partial charge in [0.15, 0.2) is 0 Å². The molecule has 1 saturated carbocycles. The van der Waals surface area contributed by atoms with Crippen molar-refractivity contribution in [1.82, 2.24) is 0 Å². The van der Waals surface area contributed by atoms with Crippen molar-refractivity contribution < 1.29 is 14.3 Å². The lowest BCUT2D eigenvalue weighted by Gasteiger charge is -2.24. The molecule has 0 bridgehead atoms. The summed E-state index contributed by atoms with van der Waals surface area (Å²) in [5.74, 6) is 0.00566. The van der Waals surface area contributed by atoms with Crippen LogP contribution in [0.4, 0.5) is 10.1 Å². The molecule has 0 aromatic heterocycles. The van der Waals surface area contributed by atoms with Gasteiger partial charge in [-0.2, -0.15) is 0 Å². The second kappa shape index (κ2) is 5.96. The average molecular weight is 251 g/mol. The van der Waals surface area contributed by atoms with E-state index in [9.17, 15) is 14.3 Å². The predicted molar refractivity (Wildman–Crippen MR) is 67.6 cm³/mol. The molecule has 0 unspecified atom stereocenters. The zero-order valence-electron chi connectivity index (χ0n) is 10.2. The normalized spacial score (nSPS) is 23.7. The van der Waals surface area contributed by atoms with Gasteiger partial charge >= 0.3 is 0 Å². The average Bonchev–Trinajstić information content (AvgIpc) is 2.35. The molecular weight excluding hydrogens is 233 g/mol. The maximum atomic E-state index is 12.7. The van der Waals surface area contributed by atoms with Gasteiger partial charge in [0.1, 0.15) is 5.82 Å². The van der Waals surface area contributed by atoms with Crippen LogP contribution in [0.15, 0.2) is 24.3 Å². The first kappa shape index (κ1) is 13.0. The minimum absolute atomic E-state index is 0.0389. The Morgan fingerprint density at radius 1 is 1.22 bits per heavy atom. The van der Waals surface area contributed by atoms with Crippen molar-refractivity contribution in [2.75, 3.05) is 5.32 Å². The smallest absolute Gasteiger partial charge is 0.224 e. The van der Waals surface area contributed by atoms with Gasteiger partial charge in [-0.15, -0.1) is 0 Å². The van der Waals surface area contributed by atoms with E-state index >= 15 is 0 Å². The van der Waals surface area contributed by atoms with E-state index in [2.05, 4.69) is 5.32 Å². The number of nitrogens with one attached hydrogen (secondary N) is 1. The molecule has 2 N–H and O–H groups in total. The number of aliphatic hydroxyl groups excluding tert-OH is 1. The van der Waals surface area contributed by atoms with E-state index in [1.54, 1.807) is 12.1 Å². The van der Waals surface area contributed by atoms with Crippen LogP contribution in [-0.2, 0) is 4.79 Å². The highest BCUT2D eigenvalue weighted by atomic mass is 19.1. The van der Waals surface area contributed by atoms with Crippen molar-refractivity contribution in [2.45, 2.75) is 38.2 Å². The number of benzene rings is 1. The van der Waals surface area contributed by atoms with Crippen molar-refractivity contribution in [1.29, 1.82) is 0 Å². The summed E-state index contributed by atoms with van der Waals surface area (Å²) in [6.45, 7) is 0. The van der Waals surface area contributed by atoms with Crippen molar-refractivity contribution in [2.24, 2.45) is 5.92 Å². The minimum atomic E-state index is -0.311. The van der Waals surface area contributed by atoms with Crippen LogP contribution in [0.2, 0.25) is 0 Å². The van der Waals surface area contributed by atoms with Gasteiger partial charge in [-0.05, 0) is 55.9 Å². The van der Waals surface area contributed by atoms with Crippen molar-refractivity contribution in [3.05, 3.63) is 30.1 Å². The Morgan fingerprint density at radius 2 is 1.83 bits per heavy atom. The zero-order chi connectivity index (χ0) is 13.0. The van der Waals surface area contributed by atoms with E-state index < -0.39 is 0 Å². The number of hydrogen-bond acceptors (Lipinski definition) is 2. The molecule has 0 heterocycles. The number of halogens is 1. The molecule has 2 rings (SSSR count). The molecule has 0 spiro atoms. The van der Waals surface area contributed by atoms with Crippen LogP contribution in [0.1, 0.15) is 32.1 Å². The fourth-order valence-electron chi connectivity index (χ4n) is 2.36.